The minimum absolute atomic E-state index is 0.854. The fourth-order valence-electron chi connectivity index (χ4n) is 2.21. The van der Waals surface area contributed by atoms with Gasteiger partial charge in [0.05, 0.1) is 5.69 Å². The number of aromatic nitrogens is 4. The van der Waals surface area contributed by atoms with Crippen molar-refractivity contribution >= 4 is 16.8 Å². The van der Waals surface area contributed by atoms with Crippen molar-refractivity contribution in [1.82, 2.24) is 19.6 Å². The largest absolute Gasteiger partial charge is 0.253 e. The molecule has 4 nitrogen and oxygen atoms in total. The lowest BCUT2D eigenvalue weighted by Crippen LogP contribution is -1.93. The van der Waals surface area contributed by atoms with E-state index >= 15 is 0 Å². The van der Waals surface area contributed by atoms with E-state index in [9.17, 15) is 0 Å². The summed E-state index contributed by atoms with van der Waals surface area (Å²) in [5.41, 5.74) is 6.43. The second-order valence-electron chi connectivity index (χ2n) is 5.60. The van der Waals surface area contributed by atoms with Gasteiger partial charge in [-0.05, 0) is 61.7 Å². The third kappa shape index (κ3) is 4.03. The van der Waals surface area contributed by atoms with Crippen LogP contribution in [0.1, 0.15) is 51.1 Å². The molecule has 0 amide bonds. The quantitative estimate of drug-likeness (QED) is 0.683. The number of fused-ring (bicyclic) bond motifs is 1. The van der Waals surface area contributed by atoms with E-state index in [0.717, 1.165) is 22.6 Å². The van der Waals surface area contributed by atoms with Gasteiger partial charge in [0.15, 0.2) is 5.65 Å². The summed E-state index contributed by atoms with van der Waals surface area (Å²) in [4.78, 5) is 8.80. The van der Waals surface area contributed by atoms with Gasteiger partial charge < -0.3 is 0 Å². The molecule has 23 heavy (non-hydrogen) atoms. The van der Waals surface area contributed by atoms with Crippen LogP contribution < -0.4 is 0 Å². The fraction of sp³-hybridized carbons (Fsp3) is 0.316. The lowest BCUT2D eigenvalue weighted by atomic mass is 10.0. The van der Waals surface area contributed by atoms with Crippen molar-refractivity contribution in [1.29, 1.82) is 0 Å². The molecule has 0 aliphatic heterocycles. The summed E-state index contributed by atoms with van der Waals surface area (Å²) in [6.07, 6.45) is 4.74. The van der Waals surface area contributed by atoms with Crippen LogP contribution in [0, 0.1) is 6.92 Å². The van der Waals surface area contributed by atoms with Crippen LogP contribution in [-0.2, 0) is 0 Å². The Morgan fingerprint density at radius 2 is 1.83 bits per heavy atom. The molecule has 0 unspecified atom stereocenters. The molecular weight excluding hydrogens is 284 g/mol. The van der Waals surface area contributed by atoms with Crippen molar-refractivity contribution in [2.45, 2.75) is 41.0 Å². The number of aryl methyl sites for hydroxylation is 1. The molecule has 0 saturated heterocycles. The first kappa shape index (κ1) is 16.9. The van der Waals surface area contributed by atoms with E-state index in [-0.39, 0.29) is 0 Å². The molecule has 0 radical (unpaired) electrons. The van der Waals surface area contributed by atoms with E-state index in [0.29, 0.717) is 0 Å². The van der Waals surface area contributed by atoms with E-state index < -0.39 is 0 Å². The number of hydrogen-bond donors (Lipinski definition) is 0. The fourth-order valence-corrected chi connectivity index (χ4v) is 2.21. The van der Waals surface area contributed by atoms with Crippen LogP contribution >= 0.6 is 0 Å². The van der Waals surface area contributed by atoms with Crippen LogP contribution in [0.4, 0.5) is 0 Å². The van der Waals surface area contributed by atoms with Gasteiger partial charge in [-0.1, -0.05) is 26.3 Å². The van der Waals surface area contributed by atoms with Crippen molar-refractivity contribution in [3.63, 3.8) is 0 Å². The van der Waals surface area contributed by atoms with E-state index in [4.69, 9.17) is 0 Å². The average molecular weight is 308 g/mol. The number of allylic oxidation sites excluding steroid dienone is 2. The molecule has 0 spiro atoms. The summed E-state index contributed by atoms with van der Waals surface area (Å²) in [6, 6.07) is 10.2. The summed E-state index contributed by atoms with van der Waals surface area (Å²) in [5.74, 6) is 0. The maximum atomic E-state index is 4.58. The Kier molecular flexibility index (Phi) is 5.63. The highest BCUT2D eigenvalue weighted by atomic mass is 15.3. The van der Waals surface area contributed by atoms with Crippen LogP contribution in [0.3, 0.4) is 0 Å². The molecule has 0 aliphatic rings. The molecule has 3 aromatic rings. The molecule has 4 heteroatoms. The average Bonchev–Trinajstić information content (AvgIpc) is 3.01. The third-order valence-corrected chi connectivity index (χ3v) is 3.55. The Morgan fingerprint density at radius 3 is 2.52 bits per heavy atom. The van der Waals surface area contributed by atoms with Gasteiger partial charge in [-0.2, -0.15) is 5.10 Å². The van der Waals surface area contributed by atoms with Gasteiger partial charge in [-0.25, -0.2) is 9.50 Å². The van der Waals surface area contributed by atoms with Crippen LogP contribution in [0.2, 0.25) is 0 Å². The smallest absolute Gasteiger partial charge is 0.155 e. The lowest BCUT2D eigenvalue weighted by Gasteiger charge is -2.08. The molecule has 3 rings (SSSR count). The number of rotatable bonds is 2. The van der Waals surface area contributed by atoms with Gasteiger partial charge in [-0.15, -0.1) is 0 Å². The Hall–Kier alpha value is -2.49. The molecule has 3 heterocycles. The predicted molar refractivity (Wildman–Crippen MR) is 96.1 cm³/mol. The van der Waals surface area contributed by atoms with Gasteiger partial charge in [0.25, 0.3) is 0 Å². The van der Waals surface area contributed by atoms with Crippen molar-refractivity contribution in [2.24, 2.45) is 0 Å². The molecule has 120 valence electrons. The molecule has 0 bridgehead atoms. The Labute approximate surface area is 137 Å². The minimum atomic E-state index is 0.854. The van der Waals surface area contributed by atoms with Crippen molar-refractivity contribution < 1.29 is 0 Å². The van der Waals surface area contributed by atoms with E-state index in [2.05, 4.69) is 48.8 Å². The summed E-state index contributed by atoms with van der Waals surface area (Å²) in [7, 11) is 0. The maximum absolute atomic E-state index is 4.58. The molecule has 3 aromatic heterocycles. The topological polar surface area (TPSA) is 43.1 Å². The molecule has 0 aromatic carbocycles. The normalized spacial score (nSPS) is 11.7. The highest BCUT2D eigenvalue weighted by Crippen LogP contribution is 2.25. The standard InChI is InChI=1S/C16H16N4.C3H8/c1-11-5-4-6-15(19-11)13(3)12(2)14-7-8-20-16(9-14)17-10-18-20;1-3-2/h4-10H,1-3H3;3H2,1-2H3/b13-12-;. The summed E-state index contributed by atoms with van der Waals surface area (Å²) < 4.78 is 1.76. The van der Waals surface area contributed by atoms with E-state index in [1.54, 1.807) is 10.8 Å². The highest BCUT2D eigenvalue weighted by molar-refractivity contribution is 5.88. The van der Waals surface area contributed by atoms with Crippen molar-refractivity contribution in [3.05, 3.63) is 59.8 Å². The van der Waals surface area contributed by atoms with Crippen LogP contribution in [0.15, 0.2) is 42.9 Å². The lowest BCUT2D eigenvalue weighted by molar-refractivity contribution is 0.960. The van der Waals surface area contributed by atoms with Gasteiger partial charge >= 0.3 is 0 Å². The first-order chi connectivity index (χ1) is 11.1. The van der Waals surface area contributed by atoms with Crippen molar-refractivity contribution in [2.75, 3.05) is 0 Å². The van der Waals surface area contributed by atoms with Crippen molar-refractivity contribution in [3.8, 4) is 0 Å². The first-order valence-corrected chi connectivity index (χ1v) is 7.98. The Bertz CT molecular complexity index is 815. The van der Waals surface area contributed by atoms with Gasteiger partial charge in [-0.3, -0.25) is 4.98 Å². The molecule has 0 saturated carbocycles. The summed E-state index contributed by atoms with van der Waals surface area (Å²) in [5, 5.41) is 4.11. The minimum Gasteiger partial charge on any atom is -0.253 e. The molecule has 0 aliphatic carbocycles. The monoisotopic (exact) mass is 308 g/mol. The zero-order chi connectivity index (χ0) is 16.8. The number of nitrogens with zero attached hydrogens (tertiary/aromatic N) is 4. The second-order valence-corrected chi connectivity index (χ2v) is 5.60. The van der Waals surface area contributed by atoms with Gasteiger partial charge in [0.2, 0.25) is 0 Å². The third-order valence-electron chi connectivity index (χ3n) is 3.55. The molecule has 0 atom stereocenters. The Morgan fingerprint density at radius 1 is 1.09 bits per heavy atom. The Balaban J connectivity index is 0.000000595. The van der Waals surface area contributed by atoms with Crippen LogP contribution in [-0.4, -0.2) is 19.6 Å². The van der Waals surface area contributed by atoms with E-state index in [1.165, 1.54) is 17.6 Å². The summed E-state index contributed by atoms with van der Waals surface area (Å²) in [6.45, 7) is 10.5. The van der Waals surface area contributed by atoms with E-state index in [1.807, 2.05) is 37.4 Å². The predicted octanol–water partition coefficient (Wildman–Crippen LogP) is 4.80. The van der Waals surface area contributed by atoms with Gasteiger partial charge in [0.1, 0.15) is 6.33 Å². The molecular formula is C19H24N4. The van der Waals surface area contributed by atoms with Crippen LogP contribution in [0.5, 0.6) is 0 Å². The van der Waals surface area contributed by atoms with Gasteiger partial charge in [0, 0.05) is 11.9 Å². The second kappa shape index (κ2) is 7.68. The first-order valence-electron chi connectivity index (χ1n) is 7.98. The number of pyridine rings is 2. The summed E-state index contributed by atoms with van der Waals surface area (Å²) >= 11 is 0. The molecule has 0 N–H and O–H groups in total. The zero-order valence-corrected chi connectivity index (χ0v) is 14.5. The molecule has 0 fully saturated rings. The SMILES string of the molecule is C/C(=C(\C)c1cccc(C)n1)c1ccn2ncnc2c1.CCC. The zero-order valence-electron chi connectivity index (χ0n) is 14.5. The van der Waals surface area contributed by atoms with Crippen LogP contribution in [0.25, 0.3) is 16.8 Å². The number of hydrogen-bond acceptors (Lipinski definition) is 3. The highest BCUT2D eigenvalue weighted by Gasteiger charge is 2.06. The maximum Gasteiger partial charge on any atom is 0.155 e.